The summed E-state index contributed by atoms with van der Waals surface area (Å²) >= 11 is 0. The van der Waals surface area contributed by atoms with E-state index in [1.54, 1.807) is 0 Å². The fourth-order valence-electron chi connectivity index (χ4n) is 1.82. The monoisotopic (exact) mass is 191 g/mol. The molecule has 1 amide bonds. The van der Waals surface area contributed by atoms with Gasteiger partial charge in [0.1, 0.15) is 0 Å². The first-order valence-electron chi connectivity index (χ1n) is 4.59. The lowest BCUT2D eigenvalue weighted by Crippen LogP contribution is -2.32. The van der Waals surface area contributed by atoms with Crippen LogP contribution >= 0.6 is 12.4 Å². The highest BCUT2D eigenvalue weighted by atomic mass is 35.5. The van der Waals surface area contributed by atoms with E-state index in [1.807, 2.05) is 4.90 Å². The third-order valence-electron chi connectivity index (χ3n) is 2.41. The molecule has 1 saturated carbocycles. The second-order valence-electron chi connectivity index (χ2n) is 3.28. The van der Waals surface area contributed by atoms with Crippen molar-refractivity contribution < 1.29 is 4.79 Å². The Morgan fingerprint density at radius 1 is 1.42 bits per heavy atom. The number of rotatable bonds is 4. The molecular weight excluding hydrogens is 174 g/mol. The lowest BCUT2D eigenvalue weighted by atomic mass is 10.2. The van der Waals surface area contributed by atoms with Crippen LogP contribution in [0.5, 0.6) is 0 Å². The summed E-state index contributed by atoms with van der Waals surface area (Å²) in [6, 6.07) is 0.562. The van der Waals surface area contributed by atoms with Crippen LogP contribution in [-0.4, -0.2) is 23.9 Å². The summed E-state index contributed by atoms with van der Waals surface area (Å²) in [5, 5.41) is 0. The van der Waals surface area contributed by atoms with Gasteiger partial charge in [0.2, 0.25) is 6.41 Å². The Morgan fingerprint density at radius 2 is 2.00 bits per heavy atom. The van der Waals surface area contributed by atoms with Gasteiger partial charge in [-0.25, -0.2) is 0 Å². The lowest BCUT2D eigenvalue weighted by Gasteiger charge is -2.23. The van der Waals surface area contributed by atoms with Gasteiger partial charge < -0.3 is 4.90 Å². The first-order valence-corrected chi connectivity index (χ1v) is 4.59. The second kappa shape index (κ2) is 6.30. The van der Waals surface area contributed by atoms with Crippen LogP contribution in [0.4, 0.5) is 0 Å². The van der Waals surface area contributed by atoms with E-state index in [4.69, 9.17) is 0 Å². The summed E-state index contributed by atoms with van der Waals surface area (Å²) in [5.41, 5.74) is 0. The molecule has 72 valence electrons. The zero-order chi connectivity index (χ0) is 8.10. The van der Waals surface area contributed by atoms with Crippen LogP contribution in [0.2, 0.25) is 0 Å². The molecule has 0 unspecified atom stereocenters. The van der Waals surface area contributed by atoms with Gasteiger partial charge in [0, 0.05) is 12.6 Å². The minimum Gasteiger partial charge on any atom is -0.342 e. The van der Waals surface area contributed by atoms with Gasteiger partial charge in [0.25, 0.3) is 0 Å². The van der Waals surface area contributed by atoms with Crippen molar-refractivity contribution >= 4 is 18.8 Å². The highest BCUT2D eigenvalue weighted by Gasteiger charge is 2.19. The molecule has 12 heavy (non-hydrogen) atoms. The average molecular weight is 192 g/mol. The summed E-state index contributed by atoms with van der Waals surface area (Å²) in [7, 11) is 0. The number of carbonyl (C=O) groups excluding carboxylic acids is 1. The van der Waals surface area contributed by atoms with Gasteiger partial charge in [-0.15, -0.1) is 12.4 Å². The predicted molar refractivity (Wildman–Crippen MR) is 52.6 cm³/mol. The number of halogens is 1. The van der Waals surface area contributed by atoms with E-state index < -0.39 is 0 Å². The number of hydrogen-bond donors (Lipinski definition) is 0. The van der Waals surface area contributed by atoms with Crippen molar-refractivity contribution in [3.63, 3.8) is 0 Å². The number of amides is 1. The molecule has 0 aliphatic heterocycles. The Hall–Kier alpha value is -0.240. The van der Waals surface area contributed by atoms with E-state index in [2.05, 4.69) is 6.92 Å². The Kier molecular flexibility index (Phi) is 6.17. The Balaban J connectivity index is 0.00000121. The first kappa shape index (κ1) is 11.8. The molecule has 0 spiro atoms. The van der Waals surface area contributed by atoms with Gasteiger partial charge in [-0.1, -0.05) is 19.8 Å². The van der Waals surface area contributed by atoms with Crippen molar-refractivity contribution in [3.8, 4) is 0 Å². The molecule has 0 aromatic heterocycles. The van der Waals surface area contributed by atoms with Crippen molar-refractivity contribution in [1.82, 2.24) is 4.90 Å². The molecule has 1 aliphatic rings. The van der Waals surface area contributed by atoms with Crippen LogP contribution in [0.3, 0.4) is 0 Å². The normalized spacial score (nSPS) is 17.1. The summed E-state index contributed by atoms with van der Waals surface area (Å²) in [4.78, 5) is 12.6. The third-order valence-corrected chi connectivity index (χ3v) is 2.41. The molecule has 1 rings (SSSR count). The van der Waals surface area contributed by atoms with Gasteiger partial charge in [0.15, 0.2) is 0 Å². The first-order chi connectivity index (χ1) is 5.38. The lowest BCUT2D eigenvalue weighted by molar-refractivity contribution is -0.120. The fourth-order valence-corrected chi connectivity index (χ4v) is 1.82. The van der Waals surface area contributed by atoms with Gasteiger partial charge in [0.05, 0.1) is 0 Å². The zero-order valence-corrected chi connectivity index (χ0v) is 8.48. The van der Waals surface area contributed by atoms with Gasteiger partial charge in [-0.3, -0.25) is 4.79 Å². The molecule has 2 nitrogen and oxygen atoms in total. The maximum Gasteiger partial charge on any atom is 0.209 e. The average Bonchev–Trinajstić information content (AvgIpc) is 2.52. The molecule has 1 aliphatic carbocycles. The maximum atomic E-state index is 10.6. The van der Waals surface area contributed by atoms with Crippen LogP contribution in [0.1, 0.15) is 39.0 Å². The molecule has 0 atom stereocenters. The van der Waals surface area contributed by atoms with Gasteiger partial charge in [-0.2, -0.15) is 0 Å². The Morgan fingerprint density at radius 3 is 2.42 bits per heavy atom. The van der Waals surface area contributed by atoms with E-state index in [1.165, 1.54) is 25.7 Å². The summed E-state index contributed by atoms with van der Waals surface area (Å²) in [6.45, 7) is 3.06. The van der Waals surface area contributed by atoms with Crippen molar-refractivity contribution in [2.75, 3.05) is 6.54 Å². The minimum absolute atomic E-state index is 0. The molecule has 0 radical (unpaired) electrons. The molecule has 0 heterocycles. The highest BCUT2D eigenvalue weighted by molar-refractivity contribution is 5.85. The van der Waals surface area contributed by atoms with Crippen LogP contribution in [0.25, 0.3) is 0 Å². The molecule has 0 N–H and O–H groups in total. The third kappa shape index (κ3) is 3.02. The number of carbonyl (C=O) groups is 1. The second-order valence-corrected chi connectivity index (χ2v) is 3.28. The molecule has 1 fully saturated rings. The zero-order valence-electron chi connectivity index (χ0n) is 7.66. The molecule has 0 aromatic carbocycles. The highest BCUT2D eigenvalue weighted by Crippen LogP contribution is 2.22. The number of hydrogen-bond acceptors (Lipinski definition) is 1. The van der Waals surface area contributed by atoms with E-state index in [9.17, 15) is 4.79 Å². The Labute approximate surface area is 80.7 Å². The van der Waals surface area contributed by atoms with Crippen LogP contribution in [-0.2, 0) is 4.79 Å². The molecule has 0 aromatic rings. The largest absolute Gasteiger partial charge is 0.342 e. The standard InChI is InChI=1S/C9H17NO.ClH/c1-2-7-10(8-11)9-5-3-4-6-9;/h8-9H,2-7H2,1H3;1H. The van der Waals surface area contributed by atoms with E-state index >= 15 is 0 Å². The number of nitrogens with zero attached hydrogens (tertiary/aromatic N) is 1. The topological polar surface area (TPSA) is 20.3 Å². The van der Waals surface area contributed by atoms with E-state index in [0.29, 0.717) is 6.04 Å². The van der Waals surface area contributed by atoms with Crippen LogP contribution in [0, 0.1) is 0 Å². The van der Waals surface area contributed by atoms with E-state index in [-0.39, 0.29) is 12.4 Å². The molecule has 3 heteroatoms. The van der Waals surface area contributed by atoms with Crippen molar-refractivity contribution in [2.24, 2.45) is 0 Å². The van der Waals surface area contributed by atoms with Crippen LogP contribution < -0.4 is 0 Å². The van der Waals surface area contributed by atoms with Crippen molar-refractivity contribution in [2.45, 2.75) is 45.1 Å². The predicted octanol–water partition coefficient (Wildman–Crippen LogP) is 2.22. The Bertz CT molecular complexity index is 124. The molecule has 0 saturated heterocycles. The van der Waals surface area contributed by atoms with E-state index in [0.717, 1.165) is 19.4 Å². The minimum atomic E-state index is 0. The van der Waals surface area contributed by atoms with Gasteiger partial charge >= 0.3 is 0 Å². The fraction of sp³-hybridized carbons (Fsp3) is 0.889. The van der Waals surface area contributed by atoms with Gasteiger partial charge in [-0.05, 0) is 19.3 Å². The maximum absolute atomic E-state index is 10.6. The van der Waals surface area contributed by atoms with Crippen molar-refractivity contribution in [1.29, 1.82) is 0 Å². The summed E-state index contributed by atoms with van der Waals surface area (Å²) in [5.74, 6) is 0. The molecular formula is C9H18ClNO. The van der Waals surface area contributed by atoms with Crippen LogP contribution in [0.15, 0.2) is 0 Å². The van der Waals surface area contributed by atoms with Crippen molar-refractivity contribution in [3.05, 3.63) is 0 Å². The summed E-state index contributed by atoms with van der Waals surface area (Å²) < 4.78 is 0. The smallest absolute Gasteiger partial charge is 0.209 e. The summed E-state index contributed by atoms with van der Waals surface area (Å²) in [6.07, 6.45) is 7.14. The quantitative estimate of drug-likeness (QED) is 0.624. The SMILES string of the molecule is CCCN(C=O)C1CCCC1.Cl. The molecule has 0 bridgehead atoms.